The zero-order chi connectivity index (χ0) is 15.4. The van der Waals surface area contributed by atoms with Gasteiger partial charge in [0.1, 0.15) is 6.04 Å². The molecule has 1 amide bonds. The van der Waals surface area contributed by atoms with Crippen molar-refractivity contribution in [2.75, 3.05) is 0 Å². The van der Waals surface area contributed by atoms with Crippen molar-refractivity contribution in [2.24, 2.45) is 11.8 Å². The van der Waals surface area contributed by atoms with Crippen LogP contribution in [0.3, 0.4) is 0 Å². The second-order valence-electron chi connectivity index (χ2n) is 5.58. The van der Waals surface area contributed by atoms with Crippen LogP contribution in [0.15, 0.2) is 29.0 Å². The Hall–Kier alpha value is -2.24. The zero-order valence-electron chi connectivity index (χ0n) is 12.7. The fourth-order valence-corrected chi connectivity index (χ4v) is 1.81. The van der Waals surface area contributed by atoms with E-state index >= 15 is 0 Å². The highest BCUT2D eigenvalue weighted by Gasteiger charge is 2.25. The molecule has 112 valence electrons. The van der Waals surface area contributed by atoms with Gasteiger partial charge in [0.05, 0.1) is 0 Å². The van der Waals surface area contributed by atoms with Crippen LogP contribution in [0.5, 0.6) is 0 Å². The summed E-state index contributed by atoms with van der Waals surface area (Å²) < 4.78 is 5.32. The third-order valence-corrected chi connectivity index (χ3v) is 3.12. The minimum absolute atomic E-state index is 0.0326. The molecule has 0 saturated heterocycles. The Bertz CT molecular complexity index is 593. The predicted molar refractivity (Wildman–Crippen MR) is 78.1 cm³/mol. The van der Waals surface area contributed by atoms with Crippen molar-refractivity contribution in [3.8, 4) is 11.4 Å². The molecule has 21 heavy (non-hydrogen) atoms. The van der Waals surface area contributed by atoms with E-state index in [0.717, 1.165) is 5.56 Å². The van der Waals surface area contributed by atoms with E-state index in [2.05, 4.69) is 20.4 Å². The molecular weight excluding hydrogens is 268 g/mol. The summed E-state index contributed by atoms with van der Waals surface area (Å²) in [7, 11) is 0. The normalized spacial score (nSPS) is 12.7. The zero-order valence-corrected chi connectivity index (χ0v) is 12.7. The number of pyridine rings is 1. The highest BCUT2D eigenvalue weighted by Crippen LogP contribution is 2.23. The van der Waals surface area contributed by atoms with Gasteiger partial charge in [-0.2, -0.15) is 4.98 Å². The molecule has 2 rings (SSSR count). The van der Waals surface area contributed by atoms with Gasteiger partial charge in [0.2, 0.25) is 17.6 Å². The minimum atomic E-state index is -0.294. The Labute approximate surface area is 124 Å². The number of hydrogen-bond acceptors (Lipinski definition) is 5. The Morgan fingerprint density at radius 2 is 2.05 bits per heavy atom. The molecule has 0 aromatic carbocycles. The molecule has 0 unspecified atom stereocenters. The number of carbonyl (C=O) groups excluding carboxylic acids is 1. The summed E-state index contributed by atoms with van der Waals surface area (Å²) in [6, 6.07) is 3.38. The van der Waals surface area contributed by atoms with E-state index in [0.29, 0.717) is 11.7 Å². The van der Waals surface area contributed by atoms with Crippen molar-refractivity contribution in [1.29, 1.82) is 0 Å². The first-order valence-electron chi connectivity index (χ1n) is 7.03. The van der Waals surface area contributed by atoms with Gasteiger partial charge in [-0.1, -0.05) is 32.9 Å². The lowest BCUT2D eigenvalue weighted by Gasteiger charge is -2.19. The molecule has 2 aromatic rings. The molecule has 0 radical (unpaired) electrons. The van der Waals surface area contributed by atoms with Crippen molar-refractivity contribution in [3.63, 3.8) is 0 Å². The molecule has 2 heterocycles. The topological polar surface area (TPSA) is 80.9 Å². The summed E-state index contributed by atoms with van der Waals surface area (Å²) in [6.07, 6.45) is 3.36. The van der Waals surface area contributed by atoms with Gasteiger partial charge in [-0.3, -0.25) is 9.78 Å². The monoisotopic (exact) mass is 288 g/mol. The van der Waals surface area contributed by atoms with Crippen LogP contribution < -0.4 is 5.32 Å². The summed E-state index contributed by atoms with van der Waals surface area (Å²) >= 11 is 0. The molecule has 6 heteroatoms. The van der Waals surface area contributed by atoms with Gasteiger partial charge in [0.15, 0.2) is 0 Å². The van der Waals surface area contributed by atoms with E-state index < -0.39 is 0 Å². The van der Waals surface area contributed by atoms with Crippen LogP contribution in [0.2, 0.25) is 0 Å². The van der Waals surface area contributed by atoms with Gasteiger partial charge in [-0.25, -0.2) is 0 Å². The fraction of sp³-hybridized carbons (Fsp3) is 0.467. The van der Waals surface area contributed by atoms with E-state index in [9.17, 15) is 4.79 Å². The first-order valence-corrected chi connectivity index (χ1v) is 7.03. The minimum Gasteiger partial charge on any atom is -0.344 e. The Morgan fingerprint density at radius 3 is 2.62 bits per heavy atom. The Balaban J connectivity index is 2.22. The molecule has 0 aliphatic heterocycles. The van der Waals surface area contributed by atoms with Crippen LogP contribution in [0.1, 0.15) is 39.6 Å². The molecule has 0 saturated carbocycles. The van der Waals surface area contributed by atoms with Gasteiger partial charge in [0, 0.05) is 23.9 Å². The van der Waals surface area contributed by atoms with Gasteiger partial charge >= 0.3 is 0 Å². The SMILES string of the molecule is CC(C)C(=O)N[C@H](c1nc(-c2cccnc2)no1)C(C)C. The lowest BCUT2D eigenvalue weighted by Crippen LogP contribution is -2.34. The standard InChI is InChI=1S/C15H20N4O2/c1-9(2)12(17-14(20)10(3)4)15-18-13(19-21-15)11-6-5-7-16-8-11/h5-10,12H,1-4H3,(H,17,20)/t12-/m0/s1. The second kappa shape index (κ2) is 6.47. The summed E-state index contributed by atoms with van der Waals surface area (Å²) in [5.74, 6) is 0.914. The maximum absolute atomic E-state index is 11.9. The summed E-state index contributed by atoms with van der Waals surface area (Å²) in [5, 5.41) is 6.91. The molecule has 0 aliphatic carbocycles. The molecule has 0 aliphatic rings. The third-order valence-electron chi connectivity index (χ3n) is 3.12. The average Bonchev–Trinajstić information content (AvgIpc) is 2.94. The quantitative estimate of drug-likeness (QED) is 0.914. The highest BCUT2D eigenvalue weighted by molar-refractivity contribution is 5.78. The Morgan fingerprint density at radius 1 is 1.29 bits per heavy atom. The summed E-state index contributed by atoms with van der Waals surface area (Å²) in [6.45, 7) is 7.70. The maximum Gasteiger partial charge on any atom is 0.249 e. The molecule has 0 fully saturated rings. The van der Waals surface area contributed by atoms with Gasteiger partial charge in [0.25, 0.3) is 0 Å². The van der Waals surface area contributed by atoms with Crippen LogP contribution in [0.4, 0.5) is 0 Å². The van der Waals surface area contributed by atoms with Crippen molar-refractivity contribution in [3.05, 3.63) is 30.4 Å². The number of aromatic nitrogens is 3. The van der Waals surface area contributed by atoms with Gasteiger partial charge in [-0.15, -0.1) is 0 Å². The smallest absolute Gasteiger partial charge is 0.249 e. The average molecular weight is 288 g/mol. The van der Waals surface area contributed by atoms with Crippen molar-refractivity contribution < 1.29 is 9.32 Å². The van der Waals surface area contributed by atoms with Crippen LogP contribution in [0.25, 0.3) is 11.4 Å². The number of carbonyl (C=O) groups is 1. The molecular formula is C15H20N4O2. The fourth-order valence-electron chi connectivity index (χ4n) is 1.81. The van der Waals surface area contributed by atoms with E-state index in [1.165, 1.54) is 0 Å². The van der Waals surface area contributed by atoms with Crippen LogP contribution in [-0.4, -0.2) is 21.0 Å². The number of amides is 1. The van der Waals surface area contributed by atoms with E-state index in [4.69, 9.17) is 4.52 Å². The Kier molecular flexibility index (Phi) is 4.67. The first kappa shape index (κ1) is 15.2. The molecule has 2 aromatic heterocycles. The van der Waals surface area contributed by atoms with Crippen molar-refractivity contribution in [2.45, 2.75) is 33.7 Å². The molecule has 0 bridgehead atoms. The van der Waals surface area contributed by atoms with Crippen LogP contribution >= 0.6 is 0 Å². The van der Waals surface area contributed by atoms with E-state index in [-0.39, 0.29) is 23.8 Å². The van der Waals surface area contributed by atoms with E-state index in [1.807, 2.05) is 39.8 Å². The van der Waals surface area contributed by atoms with Crippen molar-refractivity contribution in [1.82, 2.24) is 20.4 Å². The predicted octanol–water partition coefficient (Wildman–Crippen LogP) is 2.60. The third kappa shape index (κ3) is 3.65. The van der Waals surface area contributed by atoms with Gasteiger partial charge in [-0.05, 0) is 18.1 Å². The van der Waals surface area contributed by atoms with Crippen LogP contribution in [0, 0.1) is 11.8 Å². The molecule has 0 spiro atoms. The number of nitrogens with zero attached hydrogens (tertiary/aromatic N) is 3. The first-order chi connectivity index (χ1) is 9.99. The summed E-state index contributed by atoms with van der Waals surface area (Å²) in [5.41, 5.74) is 0.783. The van der Waals surface area contributed by atoms with Crippen LogP contribution in [-0.2, 0) is 4.79 Å². The summed E-state index contributed by atoms with van der Waals surface area (Å²) in [4.78, 5) is 20.3. The highest BCUT2D eigenvalue weighted by atomic mass is 16.5. The van der Waals surface area contributed by atoms with Crippen molar-refractivity contribution >= 4 is 5.91 Å². The molecule has 1 atom stereocenters. The second-order valence-corrected chi connectivity index (χ2v) is 5.58. The number of hydrogen-bond donors (Lipinski definition) is 1. The largest absolute Gasteiger partial charge is 0.344 e. The lowest BCUT2D eigenvalue weighted by molar-refractivity contribution is -0.125. The number of rotatable bonds is 5. The lowest BCUT2D eigenvalue weighted by atomic mass is 10.0. The van der Waals surface area contributed by atoms with E-state index in [1.54, 1.807) is 12.4 Å². The number of nitrogens with one attached hydrogen (secondary N) is 1. The van der Waals surface area contributed by atoms with Gasteiger partial charge < -0.3 is 9.84 Å². The molecule has 1 N–H and O–H groups in total. The molecule has 6 nitrogen and oxygen atoms in total. The maximum atomic E-state index is 11.9.